The maximum absolute atomic E-state index is 5.78. The monoisotopic (exact) mass is 441 g/mol. The second kappa shape index (κ2) is 7.88. The van der Waals surface area contributed by atoms with E-state index in [0.717, 1.165) is 25.7 Å². The molecule has 5 heteroatoms. The fraction of sp³-hybridized carbons (Fsp3) is 0.538. The minimum atomic E-state index is 0.505. The molecule has 0 saturated carbocycles. The van der Waals surface area contributed by atoms with Crippen LogP contribution in [-0.2, 0) is 0 Å². The largest absolute Gasteiger partial charge is 0.490 e. The van der Waals surface area contributed by atoms with Gasteiger partial charge < -0.3 is 10.1 Å². The molecule has 18 heavy (non-hydrogen) atoms. The molecule has 0 spiro atoms. The average molecular weight is 444 g/mol. The van der Waals surface area contributed by atoms with E-state index in [1.54, 1.807) is 0 Å². The van der Waals surface area contributed by atoms with Gasteiger partial charge in [-0.3, -0.25) is 0 Å². The Labute approximate surface area is 134 Å². The van der Waals surface area contributed by atoms with Gasteiger partial charge in [0.15, 0.2) is 0 Å². The zero-order valence-electron chi connectivity index (χ0n) is 10.8. The van der Waals surface area contributed by atoms with Gasteiger partial charge in [-0.25, -0.2) is 0 Å². The maximum Gasteiger partial charge on any atom is 0.147 e. The van der Waals surface area contributed by atoms with Crippen LogP contribution >= 0.6 is 47.8 Å². The Kier molecular flexibility index (Phi) is 7.21. The van der Waals surface area contributed by atoms with Crippen molar-refractivity contribution >= 4 is 47.8 Å². The van der Waals surface area contributed by atoms with Crippen LogP contribution in [0.15, 0.2) is 25.6 Å². The summed E-state index contributed by atoms with van der Waals surface area (Å²) in [6, 6.07) is 4.46. The van der Waals surface area contributed by atoms with Gasteiger partial charge in [0.2, 0.25) is 0 Å². The molecule has 0 aliphatic heterocycles. The Balaban J connectivity index is 2.45. The first kappa shape index (κ1) is 16.5. The lowest BCUT2D eigenvalue weighted by molar-refractivity contribution is 0.294. The Morgan fingerprint density at radius 2 is 1.67 bits per heavy atom. The van der Waals surface area contributed by atoms with E-state index in [2.05, 4.69) is 73.9 Å². The molecule has 1 aromatic rings. The smallest absolute Gasteiger partial charge is 0.147 e. The summed E-state index contributed by atoms with van der Waals surface area (Å²) in [6.45, 7) is 8.10. The van der Waals surface area contributed by atoms with Gasteiger partial charge in [-0.05, 0) is 56.8 Å². The molecule has 0 amide bonds. The molecule has 1 atom stereocenters. The lowest BCUT2D eigenvalue weighted by Gasteiger charge is -2.18. The van der Waals surface area contributed by atoms with Crippen molar-refractivity contribution in [3.05, 3.63) is 25.6 Å². The van der Waals surface area contributed by atoms with Crippen LogP contribution in [0.5, 0.6) is 5.75 Å². The Morgan fingerprint density at radius 3 is 2.17 bits per heavy atom. The molecular formula is C13H18Br3NO. The van der Waals surface area contributed by atoms with Gasteiger partial charge in [-0.15, -0.1) is 0 Å². The van der Waals surface area contributed by atoms with Gasteiger partial charge >= 0.3 is 0 Å². The highest BCUT2D eigenvalue weighted by Crippen LogP contribution is 2.36. The van der Waals surface area contributed by atoms with Crippen LogP contribution in [0.4, 0.5) is 0 Å². The van der Waals surface area contributed by atoms with Crippen LogP contribution in [0, 0.1) is 5.92 Å². The number of halogens is 3. The predicted octanol–water partition coefficient (Wildman–Crippen LogP) is 4.99. The second-order valence-electron chi connectivity index (χ2n) is 4.53. The number of hydrogen-bond acceptors (Lipinski definition) is 2. The lowest BCUT2D eigenvalue weighted by atomic mass is 10.1. The number of hydrogen-bond donors (Lipinski definition) is 1. The van der Waals surface area contributed by atoms with Gasteiger partial charge in [0.25, 0.3) is 0 Å². The Morgan fingerprint density at radius 1 is 1.11 bits per heavy atom. The van der Waals surface area contributed by atoms with Crippen molar-refractivity contribution < 1.29 is 4.74 Å². The molecule has 102 valence electrons. The van der Waals surface area contributed by atoms with Crippen molar-refractivity contribution in [3.63, 3.8) is 0 Å². The zero-order chi connectivity index (χ0) is 13.7. The highest BCUT2D eigenvalue weighted by molar-refractivity contribution is 9.11. The molecule has 1 unspecified atom stereocenters. The van der Waals surface area contributed by atoms with Gasteiger partial charge in [-0.1, -0.05) is 29.8 Å². The summed E-state index contributed by atoms with van der Waals surface area (Å²) in [5.41, 5.74) is 0. The third-order valence-corrected chi connectivity index (χ3v) is 4.41. The van der Waals surface area contributed by atoms with Crippen molar-refractivity contribution in [1.29, 1.82) is 0 Å². The van der Waals surface area contributed by atoms with Crippen molar-refractivity contribution in [1.82, 2.24) is 5.32 Å². The molecular weight excluding hydrogens is 426 g/mol. The fourth-order valence-corrected chi connectivity index (χ4v) is 3.83. The first-order chi connectivity index (χ1) is 8.41. The molecule has 0 fully saturated rings. The Hall–Kier alpha value is 0.420. The highest BCUT2D eigenvalue weighted by atomic mass is 79.9. The van der Waals surface area contributed by atoms with E-state index in [4.69, 9.17) is 4.74 Å². The average Bonchev–Trinajstić information content (AvgIpc) is 2.26. The normalized spacial score (nSPS) is 12.8. The van der Waals surface area contributed by atoms with Crippen LogP contribution in [0.2, 0.25) is 0 Å². The minimum Gasteiger partial charge on any atom is -0.490 e. The van der Waals surface area contributed by atoms with Gasteiger partial charge in [0.1, 0.15) is 12.4 Å². The summed E-state index contributed by atoms with van der Waals surface area (Å²) in [4.78, 5) is 0. The van der Waals surface area contributed by atoms with Gasteiger partial charge in [0, 0.05) is 17.1 Å². The van der Waals surface area contributed by atoms with Crippen LogP contribution in [-0.4, -0.2) is 19.2 Å². The summed E-state index contributed by atoms with van der Waals surface area (Å²) in [5.74, 6) is 1.48. The van der Waals surface area contributed by atoms with E-state index >= 15 is 0 Å². The van der Waals surface area contributed by atoms with Crippen molar-refractivity contribution in [2.45, 2.75) is 26.8 Å². The molecule has 1 N–H and O–H groups in total. The molecule has 2 nitrogen and oxygen atoms in total. The lowest BCUT2D eigenvalue weighted by Crippen LogP contribution is -2.33. The Bertz CT molecular complexity index is 373. The zero-order valence-corrected chi connectivity index (χ0v) is 15.5. The third-order valence-electron chi connectivity index (χ3n) is 2.78. The molecule has 0 saturated heterocycles. The van der Waals surface area contributed by atoms with E-state index in [1.165, 1.54) is 0 Å². The summed E-state index contributed by atoms with van der Waals surface area (Å²) >= 11 is 10.4. The molecule has 0 aromatic heterocycles. The van der Waals surface area contributed by atoms with E-state index in [0.29, 0.717) is 18.6 Å². The van der Waals surface area contributed by atoms with Crippen LogP contribution in [0.3, 0.4) is 0 Å². The van der Waals surface area contributed by atoms with E-state index < -0.39 is 0 Å². The topological polar surface area (TPSA) is 21.3 Å². The molecule has 1 aromatic carbocycles. The van der Waals surface area contributed by atoms with Crippen molar-refractivity contribution in [2.24, 2.45) is 5.92 Å². The van der Waals surface area contributed by atoms with Crippen LogP contribution in [0.1, 0.15) is 20.8 Å². The van der Waals surface area contributed by atoms with Gasteiger partial charge in [0.05, 0.1) is 8.95 Å². The highest BCUT2D eigenvalue weighted by Gasteiger charge is 2.09. The molecule has 0 radical (unpaired) electrons. The first-order valence-corrected chi connectivity index (χ1v) is 8.30. The molecule has 0 aliphatic rings. The summed E-state index contributed by atoms with van der Waals surface area (Å²) in [5, 5.41) is 3.44. The van der Waals surface area contributed by atoms with Crippen LogP contribution < -0.4 is 10.1 Å². The molecule has 0 heterocycles. The number of ether oxygens (including phenoxy) is 1. The predicted molar refractivity (Wildman–Crippen MR) is 87.3 cm³/mol. The molecule has 0 bridgehead atoms. The maximum atomic E-state index is 5.78. The van der Waals surface area contributed by atoms with E-state index in [9.17, 15) is 0 Å². The molecule has 0 aliphatic carbocycles. The standard InChI is InChI=1S/C13H18Br3NO/c1-8(2)9(3)17-4-5-18-13-11(15)6-10(14)7-12(13)16/h6-9,17H,4-5H2,1-3H3. The minimum absolute atomic E-state index is 0.505. The summed E-state index contributed by atoms with van der Waals surface area (Å²) < 4.78 is 8.68. The quantitative estimate of drug-likeness (QED) is 0.625. The van der Waals surface area contributed by atoms with Gasteiger partial charge in [-0.2, -0.15) is 0 Å². The summed E-state index contributed by atoms with van der Waals surface area (Å²) in [6.07, 6.45) is 0. The fourth-order valence-electron chi connectivity index (χ4n) is 1.34. The SMILES string of the molecule is CC(C)C(C)NCCOc1c(Br)cc(Br)cc1Br. The first-order valence-electron chi connectivity index (χ1n) is 5.92. The number of benzene rings is 1. The van der Waals surface area contributed by atoms with Crippen molar-refractivity contribution in [3.8, 4) is 5.75 Å². The van der Waals surface area contributed by atoms with Crippen molar-refractivity contribution in [2.75, 3.05) is 13.2 Å². The van der Waals surface area contributed by atoms with E-state index in [-0.39, 0.29) is 0 Å². The number of nitrogens with one attached hydrogen (secondary N) is 1. The third kappa shape index (κ3) is 5.19. The van der Waals surface area contributed by atoms with E-state index in [1.807, 2.05) is 12.1 Å². The van der Waals surface area contributed by atoms with Crippen LogP contribution in [0.25, 0.3) is 0 Å². The number of rotatable bonds is 6. The second-order valence-corrected chi connectivity index (χ2v) is 7.16. The molecule has 1 rings (SSSR count). The summed E-state index contributed by atoms with van der Waals surface area (Å²) in [7, 11) is 0.